The van der Waals surface area contributed by atoms with Crippen molar-refractivity contribution in [1.29, 1.82) is 0 Å². The molecule has 0 aromatic carbocycles. The van der Waals surface area contributed by atoms with Crippen LogP contribution in [0.2, 0.25) is 5.02 Å². The molecule has 0 spiro atoms. The van der Waals surface area contributed by atoms with E-state index in [9.17, 15) is 4.79 Å². The van der Waals surface area contributed by atoms with Gasteiger partial charge in [0.05, 0.1) is 17.2 Å². The van der Waals surface area contributed by atoms with Crippen LogP contribution in [-0.4, -0.2) is 17.1 Å². The molecular formula is C21H36ClNO2. The fourth-order valence-corrected chi connectivity index (χ4v) is 3.35. The van der Waals surface area contributed by atoms with E-state index in [1.54, 1.807) is 13.1 Å². The smallest absolute Gasteiger partial charge is 0.341 e. The predicted molar refractivity (Wildman–Crippen MR) is 106 cm³/mol. The Bertz CT molecular complexity index is 470. The molecule has 0 saturated heterocycles. The molecule has 0 aliphatic rings. The lowest BCUT2D eigenvalue weighted by Crippen LogP contribution is -2.04. The molecule has 0 unspecified atom stereocenters. The highest BCUT2D eigenvalue weighted by atomic mass is 35.5. The fraction of sp³-hybridized carbons (Fsp3) is 0.762. The van der Waals surface area contributed by atoms with Crippen molar-refractivity contribution in [2.45, 2.75) is 97.4 Å². The number of aromatic nitrogens is 1. The third kappa shape index (κ3) is 9.94. The second-order valence-electron chi connectivity index (χ2n) is 6.87. The van der Waals surface area contributed by atoms with Crippen LogP contribution in [0.15, 0.2) is 12.4 Å². The first-order valence-corrected chi connectivity index (χ1v) is 10.6. The number of nitrogens with zero attached hydrogens (tertiary/aromatic N) is 1. The zero-order valence-corrected chi connectivity index (χ0v) is 17.0. The van der Waals surface area contributed by atoms with Crippen molar-refractivity contribution in [2.75, 3.05) is 6.61 Å². The first kappa shape index (κ1) is 22.1. The SMILES string of the molecule is CCCCCCCCCCCCCCn1cc(Cl)c(C(=O)OCC)c1. The molecule has 0 radical (unpaired) electrons. The van der Waals surface area contributed by atoms with Crippen LogP contribution in [0.25, 0.3) is 0 Å². The van der Waals surface area contributed by atoms with Crippen molar-refractivity contribution >= 4 is 17.6 Å². The third-order valence-electron chi connectivity index (χ3n) is 4.60. The largest absolute Gasteiger partial charge is 0.462 e. The Kier molecular flexibility index (Phi) is 12.6. The van der Waals surface area contributed by atoms with Crippen LogP contribution in [0.1, 0.15) is 101 Å². The lowest BCUT2D eigenvalue weighted by Gasteiger charge is -2.04. The molecule has 4 heteroatoms. The maximum Gasteiger partial charge on any atom is 0.341 e. The van der Waals surface area contributed by atoms with Crippen molar-refractivity contribution in [3.8, 4) is 0 Å². The average Bonchev–Trinajstić information content (AvgIpc) is 2.97. The Morgan fingerprint density at radius 1 is 0.880 bits per heavy atom. The monoisotopic (exact) mass is 369 g/mol. The van der Waals surface area contributed by atoms with E-state index in [1.807, 2.05) is 10.8 Å². The Hall–Kier alpha value is -0.960. The standard InChI is InChI=1S/C21H36ClNO2/c1-3-5-6-7-8-9-10-11-12-13-14-15-16-23-17-19(20(22)18-23)21(24)25-4-2/h17-18H,3-16H2,1-2H3. The minimum absolute atomic E-state index is 0.332. The molecule has 3 nitrogen and oxygen atoms in total. The van der Waals surface area contributed by atoms with Crippen molar-refractivity contribution in [1.82, 2.24) is 4.57 Å². The van der Waals surface area contributed by atoms with Crippen LogP contribution in [-0.2, 0) is 11.3 Å². The Morgan fingerprint density at radius 2 is 1.40 bits per heavy atom. The highest BCUT2D eigenvalue weighted by Crippen LogP contribution is 2.19. The molecule has 144 valence electrons. The van der Waals surface area contributed by atoms with E-state index in [1.165, 1.54) is 70.6 Å². The van der Waals surface area contributed by atoms with Gasteiger partial charge < -0.3 is 9.30 Å². The number of rotatable bonds is 15. The van der Waals surface area contributed by atoms with E-state index in [2.05, 4.69) is 6.92 Å². The molecule has 0 N–H and O–H groups in total. The number of esters is 1. The van der Waals surface area contributed by atoms with Crippen LogP contribution in [0.4, 0.5) is 0 Å². The number of carbonyl (C=O) groups is 1. The third-order valence-corrected chi connectivity index (χ3v) is 4.90. The second kappa shape index (κ2) is 14.2. The lowest BCUT2D eigenvalue weighted by molar-refractivity contribution is 0.0526. The van der Waals surface area contributed by atoms with Crippen molar-refractivity contribution in [3.05, 3.63) is 23.0 Å². The molecule has 0 saturated carbocycles. The molecule has 1 heterocycles. The molecule has 0 atom stereocenters. The van der Waals surface area contributed by atoms with Gasteiger partial charge in [-0.2, -0.15) is 0 Å². The summed E-state index contributed by atoms with van der Waals surface area (Å²) in [5, 5.41) is 0.484. The summed E-state index contributed by atoms with van der Waals surface area (Å²) >= 11 is 6.10. The molecular weight excluding hydrogens is 334 g/mol. The number of aryl methyl sites for hydroxylation is 1. The number of hydrogen-bond acceptors (Lipinski definition) is 2. The van der Waals surface area contributed by atoms with E-state index < -0.39 is 0 Å². The Balaban J connectivity index is 2.01. The topological polar surface area (TPSA) is 31.2 Å². The zero-order valence-electron chi connectivity index (χ0n) is 16.2. The van der Waals surface area contributed by atoms with Crippen LogP contribution in [0, 0.1) is 0 Å². The fourth-order valence-electron chi connectivity index (χ4n) is 3.10. The number of hydrogen-bond donors (Lipinski definition) is 0. The van der Waals surface area contributed by atoms with Gasteiger partial charge in [0.25, 0.3) is 0 Å². The maximum absolute atomic E-state index is 11.7. The summed E-state index contributed by atoms with van der Waals surface area (Å²) < 4.78 is 7.01. The minimum Gasteiger partial charge on any atom is -0.462 e. The number of unbranched alkanes of at least 4 members (excludes halogenated alkanes) is 11. The number of ether oxygens (including phenoxy) is 1. The van der Waals surface area contributed by atoms with Crippen LogP contribution < -0.4 is 0 Å². The average molecular weight is 370 g/mol. The van der Waals surface area contributed by atoms with Crippen molar-refractivity contribution < 1.29 is 9.53 Å². The zero-order chi connectivity index (χ0) is 18.3. The van der Waals surface area contributed by atoms with E-state index in [-0.39, 0.29) is 5.97 Å². The lowest BCUT2D eigenvalue weighted by atomic mass is 10.1. The quantitative estimate of drug-likeness (QED) is 0.245. The van der Waals surface area contributed by atoms with Gasteiger partial charge in [-0.1, -0.05) is 89.2 Å². The van der Waals surface area contributed by atoms with Crippen LogP contribution >= 0.6 is 11.6 Å². The summed E-state index contributed by atoms with van der Waals surface area (Å²) in [6.45, 7) is 5.36. The highest BCUT2D eigenvalue weighted by Gasteiger charge is 2.13. The van der Waals surface area contributed by atoms with Gasteiger partial charge in [-0.3, -0.25) is 0 Å². The van der Waals surface area contributed by atoms with Gasteiger partial charge in [0.1, 0.15) is 0 Å². The molecule has 1 rings (SSSR count). The van der Waals surface area contributed by atoms with Crippen LogP contribution in [0.3, 0.4) is 0 Å². The van der Waals surface area contributed by atoms with Crippen LogP contribution in [0.5, 0.6) is 0 Å². The summed E-state index contributed by atoms with van der Waals surface area (Å²) in [5.74, 6) is -0.332. The van der Waals surface area contributed by atoms with Gasteiger partial charge in [-0.25, -0.2) is 4.79 Å². The Labute approximate surface area is 159 Å². The number of halogens is 1. The molecule has 0 aliphatic heterocycles. The summed E-state index contributed by atoms with van der Waals surface area (Å²) in [5.41, 5.74) is 0.474. The van der Waals surface area contributed by atoms with E-state index in [0.29, 0.717) is 17.2 Å². The molecule has 0 bridgehead atoms. The normalized spacial score (nSPS) is 11.0. The predicted octanol–water partition coefficient (Wildman–Crippen LogP) is 7.02. The van der Waals surface area contributed by atoms with E-state index in [0.717, 1.165) is 13.0 Å². The summed E-state index contributed by atoms with van der Waals surface area (Å²) in [6.07, 6.45) is 19.8. The first-order valence-electron chi connectivity index (χ1n) is 10.2. The van der Waals surface area contributed by atoms with Gasteiger partial charge in [0.15, 0.2) is 0 Å². The van der Waals surface area contributed by atoms with Gasteiger partial charge >= 0.3 is 5.97 Å². The second-order valence-corrected chi connectivity index (χ2v) is 7.27. The summed E-state index contributed by atoms with van der Waals surface area (Å²) in [7, 11) is 0. The molecule has 0 aliphatic carbocycles. The molecule has 1 aromatic heterocycles. The van der Waals surface area contributed by atoms with Gasteiger partial charge in [-0.15, -0.1) is 0 Å². The van der Waals surface area contributed by atoms with E-state index >= 15 is 0 Å². The Morgan fingerprint density at radius 3 is 1.92 bits per heavy atom. The minimum atomic E-state index is -0.332. The summed E-state index contributed by atoms with van der Waals surface area (Å²) in [6, 6.07) is 0. The number of carbonyl (C=O) groups excluding carboxylic acids is 1. The van der Waals surface area contributed by atoms with Crippen molar-refractivity contribution in [3.63, 3.8) is 0 Å². The molecule has 1 aromatic rings. The summed E-state index contributed by atoms with van der Waals surface area (Å²) in [4.78, 5) is 11.7. The van der Waals surface area contributed by atoms with Gasteiger partial charge in [0.2, 0.25) is 0 Å². The van der Waals surface area contributed by atoms with Gasteiger partial charge in [-0.05, 0) is 13.3 Å². The first-order chi connectivity index (χ1) is 12.2. The van der Waals surface area contributed by atoms with Crippen molar-refractivity contribution in [2.24, 2.45) is 0 Å². The van der Waals surface area contributed by atoms with Gasteiger partial charge in [0, 0.05) is 18.9 Å². The molecule has 0 fully saturated rings. The molecule has 0 amide bonds. The maximum atomic E-state index is 11.7. The molecule has 25 heavy (non-hydrogen) atoms. The van der Waals surface area contributed by atoms with E-state index in [4.69, 9.17) is 16.3 Å². The highest BCUT2D eigenvalue weighted by molar-refractivity contribution is 6.33.